The van der Waals surface area contributed by atoms with Crippen molar-refractivity contribution in [3.8, 4) is 0 Å². The molecule has 0 aliphatic carbocycles. The summed E-state index contributed by atoms with van der Waals surface area (Å²) in [6.45, 7) is 0. The quantitative estimate of drug-likeness (QED) is 0.770. The topological polar surface area (TPSA) is 92.6 Å². The number of thiazole rings is 1. The number of aromatic nitrogens is 2. The van der Waals surface area contributed by atoms with Crippen LogP contribution >= 0.6 is 11.3 Å². The zero-order chi connectivity index (χ0) is 14.1. The van der Waals surface area contributed by atoms with Gasteiger partial charge in [0.05, 0.1) is 12.1 Å². The number of hydrogen-bond acceptors (Lipinski definition) is 5. The summed E-state index contributed by atoms with van der Waals surface area (Å²) in [5.41, 5.74) is 0.654. The summed E-state index contributed by atoms with van der Waals surface area (Å²) in [6, 6.07) is -0.635. The molecule has 2 aromatic heterocycles. The summed E-state index contributed by atoms with van der Waals surface area (Å²) in [5.74, 6) is -1.01. The van der Waals surface area contributed by atoms with Gasteiger partial charge in [-0.25, -0.2) is 4.98 Å². The molecule has 2 N–H and O–H groups in total. The minimum Gasteiger partial charge on any atom is -0.344 e. The number of fused-ring (bicyclic) bond motifs is 1. The third-order valence-corrected chi connectivity index (χ3v) is 3.83. The summed E-state index contributed by atoms with van der Waals surface area (Å²) >= 11 is 1.49. The molecule has 20 heavy (non-hydrogen) atoms. The van der Waals surface area contributed by atoms with E-state index < -0.39 is 11.9 Å². The van der Waals surface area contributed by atoms with Gasteiger partial charge < -0.3 is 5.32 Å². The maximum Gasteiger partial charge on any atom is 0.249 e. The average Bonchev–Trinajstić information content (AvgIpc) is 2.93. The van der Waals surface area contributed by atoms with E-state index in [9.17, 15) is 14.4 Å². The van der Waals surface area contributed by atoms with Crippen LogP contribution in [0.5, 0.6) is 0 Å². The molecule has 3 heterocycles. The molecule has 0 aromatic carbocycles. The lowest BCUT2D eigenvalue weighted by Crippen LogP contribution is -2.52. The third kappa shape index (κ3) is 2.55. The molecule has 1 aliphatic heterocycles. The molecule has 0 radical (unpaired) electrons. The van der Waals surface area contributed by atoms with Crippen molar-refractivity contribution in [1.29, 1.82) is 0 Å². The van der Waals surface area contributed by atoms with E-state index in [0.29, 0.717) is 12.1 Å². The van der Waals surface area contributed by atoms with Crippen molar-refractivity contribution in [2.24, 2.45) is 0 Å². The van der Waals surface area contributed by atoms with Gasteiger partial charge in [0.15, 0.2) is 4.96 Å². The predicted octanol–water partition coefficient (Wildman–Crippen LogP) is -0.140. The molecular formula is C12H12N4O3S. The molecule has 2 aromatic rings. The van der Waals surface area contributed by atoms with E-state index in [0.717, 1.165) is 4.96 Å². The number of nitrogens with zero attached hydrogens (tertiary/aromatic N) is 2. The van der Waals surface area contributed by atoms with Crippen LogP contribution in [0.15, 0.2) is 17.8 Å². The molecule has 104 valence electrons. The fourth-order valence-electron chi connectivity index (χ4n) is 2.10. The number of carbonyl (C=O) groups excluding carboxylic acids is 3. The molecule has 0 spiro atoms. The Morgan fingerprint density at radius 3 is 3.15 bits per heavy atom. The first-order chi connectivity index (χ1) is 9.61. The largest absolute Gasteiger partial charge is 0.344 e. The van der Waals surface area contributed by atoms with Crippen molar-refractivity contribution >= 4 is 34.0 Å². The van der Waals surface area contributed by atoms with Crippen LogP contribution in [0.4, 0.5) is 0 Å². The van der Waals surface area contributed by atoms with Crippen LogP contribution in [0.3, 0.4) is 0 Å². The van der Waals surface area contributed by atoms with Crippen molar-refractivity contribution in [3.63, 3.8) is 0 Å². The summed E-state index contributed by atoms with van der Waals surface area (Å²) in [5, 5.41) is 6.74. The van der Waals surface area contributed by atoms with Gasteiger partial charge in [-0.15, -0.1) is 11.3 Å². The molecule has 1 atom stereocenters. The van der Waals surface area contributed by atoms with Crippen molar-refractivity contribution in [2.45, 2.75) is 25.3 Å². The van der Waals surface area contributed by atoms with Gasteiger partial charge in [-0.05, 0) is 6.42 Å². The SMILES string of the molecule is O=C1CCC(NC(=O)Cc2cn3ccsc3n2)C(=O)N1. The second-order valence-electron chi connectivity index (χ2n) is 4.57. The van der Waals surface area contributed by atoms with Crippen molar-refractivity contribution in [1.82, 2.24) is 20.0 Å². The van der Waals surface area contributed by atoms with E-state index in [2.05, 4.69) is 15.6 Å². The molecule has 3 rings (SSSR count). The van der Waals surface area contributed by atoms with E-state index in [4.69, 9.17) is 0 Å². The Morgan fingerprint density at radius 1 is 1.55 bits per heavy atom. The fraction of sp³-hybridized carbons (Fsp3) is 0.333. The summed E-state index contributed by atoms with van der Waals surface area (Å²) in [4.78, 5) is 39.6. The number of imide groups is 1. The van der Waals surface area contributed by atoms with Gasteiger partial charge in [-0.1, -0.05) is 0 Å². The summed E-state index contributed by atoms with van der Waals surface area (Å²) in [7, 11) is 0. The summed E-state index contributed by atoms with van der Waals surface area (Å²) in [6.07, 6.45) is 4.36. The van der Waals surface area contributed by atoms with Crippen molar-refractivity contribution < 1.29 is 14.4 Å². The van der Waals surface area contributed by atoms with Crippen LogP contribution in [-0.4, -0.2) is 33.1 Å². The Hall–Kier alpha value is -2.22. The molecule has 1 saturated heterocycles. The maximum atomic E-state index is 11.9. The first kappa shape index (κ1) is 12.8. The van der Waals surface area contributed by atoms with Gasteiger partial charge in [0.25, 0.3) is 0 Å². The highest BCUT2D eigenvalue weighted by molar-refractivity contribution is 7.15. The maximum absolute atomic E-state index is 11.9. The van der Waals surface area contributed by atoms with Gasteiger partial charge in [0.1, 0.15) is 6.04 Å². The minimum atomic E-state index is -0.635. The van der Waals surface area contributed by atoms with Gasteiger partial charge in [0, 0.05) is 24.2 Å². The molecule has 1 aliphatic rings. The molecular weight excluding hydrogens is 280 g/mol. The second-order valence-corrected chi connectivity index (χ2v) is 5.45. The van der Waals surface area contributed by atoms with Gasteiger partial charge in [0.2, 0.25) is 17.7 Å². The van der Waals surface area contributed by atoms with Crippen LogP contribution < -0.4 is 10.6 Å². The van der Waals surface area contributed by atoms with Gasteiger partial charge in [-0.2, -0.15) is 0 Å². The van der Waals surface area contributed by atoms with Crippen LogP contribution in [-0.2, 0) is 20.8 Å². The Labute approximate surface area is 118 Å². The highest BCUT2D eigenvalue weighted by Crippen LogP contribution is 2.12. The zero-order valence-electron chi connectivity index (χ0n) is 10.5. The number of rotatable bonds is 3. The Kier molecular flexibility index (Phi) is 3.23. The fourth-order valence-corrected chi connectivity index (χ4v) is 2.82. The Balaban J connectivity index is 1.60. The highest BCUT2D eigenvalue weighted by Gasteiger charge is 2.27. The number of piperidine rings is 1. The second kappa shape index (κ2) is 5.04. The minimum absolute atomic E-state index is 0.117. The normalized spacial score (nSPS) is 19.1. The van der Waals surface area contributed by atoms with Crippen LogP contribution in [0.1, 0.15) is 18.5 Å². The molecule has 7 nitrogen and oxygen atoms in total. The predicted molar refractivity (Wildman–Crippen MR) is 71.1 cm³/mol. The molecule has 1 fully saturated rings. The smallest absolute Gasteiger partial charge is 0.249 e. The van der Waals surface area contributed by atoms with Crippen LogP contribution in [0.2, 0.25) is 0 Å². The van der Waals surface area contributed by atoms with Gasteiger partial charge >= 0.3 is 0 Å². The van der Waals surface area contributed by atoms with E-state index in [1.54, 1.807) is 6.20 Å². The lowest BCUT2D eigenvalue weighted by Gasteiger charge is -2.21. The monoisotopic (exact) mass is 292 g/mol. The lowest BCUT2D eigenvalue weighted by molar-refractivity contribution is -0.137. The molecule has 8 heteroatoms. The zero-order valence-corrected chi connectivity index (χ0v) is 11.3. The lowest BCUT2D eigenvalue weighted by atomic mass is 10.1. The number of amides is 3. The van der Waals surface area contributed by atoms with E-state index >= 15 is 0 Å². The molecule has 0 bridgehead atoms. The Morgan fingerprint density at radius 2 is 2.40 bits per heavy atom. The average molecular weight is 292 g/mol. The highest BCUT2D eigenvalue weighted by atomic mass is 32.1. The Bertz CT molecular complexity index is 661. The van der Waals surface area contributed by atoms with Crippen molar-refractivity contribution in [3.05, 3.63) is 23.5 Å². The van der Waals surface area contributed by atoms with E-state index in [-0.39, 0.29) is 24.7 Å². The number of carbonyl (C=O) groups is 3. The number of imidazole rings is 1. The number of hydrogen-bond donors (Lipinski definition) is 2. The van der Waals surface area contributed by atoms with Crippen LogP contribution in [0, 0.1) is 0 Å². The van der Waals surface area contributed by atoms with Crippen molar-refractivity contribution in [2.75, 3.05) is 0 Å². The van der Waals surface area contributed by atoms with E-state index in [1.165, 1.54) is 11.3 Å². The third-order valence-electron chi connectivity index (χ3n) is 3.06. The van der Waals surface area contributed by atoms with Crippen LogP contribution in [0.25, 0.3) is 4.96 Å². The molecule has 3 amide bonds. The standard InChI is InChI=1S/C12H12N4O3S/c17-9-2-1-8(11(19)15-9)14-10(18)5-7-6-16-3-4-20-12(16)13-7/h3-4,6,8H,1-2,5H2,(H,14,18)(H,15,17,19). The molecule has 1 unspecified atom stereocenters. The molecule has 0 saturated carbocycles. The first-order valence-electron chi connectivity index (χ1n) is 6.16. The summed E-state index contributed by atoms with van der Waals surface area (Å²) < 4.78 is 1.85. The number of nitrogens with one attached hydrogen (secondary N) is 2. The first-order valence-corrected chi connectivity index (χ1v) is 7.04. The van der Waals surface area contributed by atoms with Gasteiger partial charge in [-0.3, -0.25) is 24.1 Å². The van der Waals surface area contributed by atoms with E-state index in [1.807, 2.05) is 16.0 Å².